The molecule has 1 unspecified atom stereocenters. The van der Waals surface area contributed by atoms with Gasteiger partial charge >= 0.3 is 0 Å². The second-order valence-electron chi connectivity index (χ2n) is 7.61. The molecule has 34 heavy (non-hydrogen) atoms. The number of fused-ring (bicyclic) bond motifs is 2. The van der Waals surface area contributed by atoms with E-state index in [0.29, 0.717) is 33.7 Å². The largest absolute Gasteiger partial charge is 0.497 e. The number of benzene rings is 3. The molecule has 4 aromatic rings. The van der Waals surface area contributed by atoms with Gasteiger partial charge in [-0.15, -0.1) is 0 Å². The van der Waals surface area contributed by atoms with Crippen molar-refractivity contribution in [2.45, 2.75) is 6.10 Å². The number of carbonyl (C=O) groups is 2. The standard InChI is InChI=1S/C26H21N3O5/c1-32-17-12-10-16(11-13-17)21-14-19(18-6-2-3-7-20(18)27-21)25(30)28-29-26(31)24-15-33-22-8-4-5-9-23(22)34-24/h2-14,24H,15H2,1H3,(H,28,30)(H,29,31). The number of hydrogen-bond acceptors (Lipinski definition) is 6. The van der Waals surface area contributed by atoms with Gasteiger partial charge < -0.3 is 14.2 Å². The van der Waals surface area contributed by atoms with E-state index in [9.17, 15) is 9.59 Å². The first kappa shape index (κ1) is 21.3. The third kappa shape index (κ3) is 4.21. The van der Waals surface area contributed by atoms with Crippen molar-refractivity contribution < 1.29 is 23.8 Å². The molecule has 170 valence electrons. The lowest BCUT2D eigenvalue weighted by atomic mass is 10.0. The zero-order valence-electron chi connectivity index (χ0n) is 18.3. The van der Waals surface area contributed by atoms with Gasteiger partial charge in [0.1, 0.15) is 12.4 Å². The van der Waals surface area contributed by atoms with Gasteiger partial charge in [0, 0.05) is 10.9 Å². The van der Waals surface area contributed by atoms with Crippen molar-refractivity contribution in [3.8, 4) is 28.5 Å². The van der Waals surface area contributed by atoms with Gasteiger partial charge in [-0.1, -0.05) is 30.3 Å². The number of nitrogens with one attached hydrogen (secondary N) is 2. The molecule has 8 heteroatoms. The van der Waals surface area contributed by atoms with Crippen LogP contribution in [0.2, 0.25) is 0 Å². The van der Waals surface area contributed by atoms with E-state index >= 15 is 0 Å². The van der Waals surface area contributed by atoms with Gasteiger partial charge in [0.15, 0.2) is 11.5 Å². The molecule has 1 aliphatic rings. The van der Waals surface area contributed by atoms with E-state index in [1.165, 1.54) is 0 Å². The van der Waals surface area contributed by atoms with E-state index in [4.69, 9.17) is 14.2 Å². The molecule has 1 aliphatic heterocycles. The van der Waals surface area contributed by atoms with E-state index in [2.05, 4.69) is 15.8 Å². The van der Waals surface area contributed by atoms with Gasteiger partial charge in [-0.25, -0.2) is 4.98 Å². The molecule has 0 aliphatic carbocycles. The molecular weight excluding hydrogens is 434 g/mol. The highest BCUT2D eigenvalue weighted by molar-refractivity contribution is 6.07. The van der Waals surface area contributed by atoms with Crippen molar-refractivity contribution in [3.05, 3.63) is 84.4 Å². The van der Waals surface area contributed by atoms with Crippen LogP contribution in [0.5, 0.6) is 17.2 Å². The van der Waals surface area contributed by atoms with Gasteiger partial charge in [0.25, 0.3) is 11.8 Å². The Bertz CT molecular complexity index is 1370. The van der Waals surface area contributed by atoms with Crippen LogP contribution in [-0.4, -0.2) is 36.6 Å². The lowest BCUT2D eigenvalue weighted by Gasteiger charge is -2.25. The Morgan fingerprint density at radius 2 is 1.68 bits per heavy atom. The molecular formula is C26H21N3O5. The average molecular weight is 455 g/mol. The number of aromatic nitrogens is 1. The summed E-state index contributed by atoms with van der Waals surface area (Å²) >= 11 is 0. The third-order valence-corrected chi connectivity index (χ3v) is 5.45. The highest BCUT2D eigenvalue weighted by Crippen LogP contribution is 2.31. The van der Waals surface area contributed by atoms with Gasteiger partial charge in [-0.3, -0.25) is 20.4 Å². The first-order chi connectivity index (χ1) is 16.6. The first-order valence-electron chi connectivity index (χ1n) is 10.7. The minimum Gasteiger partial charge on any atom is -0.497 e. The Labute approximate surface area is 195 Å². The predicted octanol–water partition coefficient (Wildman–Crippen LogP) is 3.51. The van der Waals surface area contributed by atoms with Crippen molar-refractivity contribution in [2.24, 2.45) is 0 Å². The number of para-hydroxylation sites is 3. The van der Waals surface area contributed by atoms with Gasteiger partial charge in [-0.2, -0.15) is 0 Å². The second-order valence-corrected chi connectivity index (χ2v) is 7.61. The fourth-order valence-corrected chi connectivity index (χ4v) is 3.69. The number of pyridine rings is 1. The fourth-order valence-electron chi connectivity index (χ4n) is 3.69. The number of hydrogen-bond donors (Lipinski definition) is 2. The molecule has 0 saturated heterocycles. The Kier molecular flexibility index (Phi) is 5.70. The molecule has 0 fully saturated rings. The highest BCUT2D eigenvalue weighted by Gasteiger charge is 2.27. The average Bonchev–Trinajstić information content (AvgIpc) is 2.90. The quantitative estimate of drug-likeness (QED) is 0.457. The third-order valence-electron chi connectivity index (χ3n) is 5.45. The first-order valence-corrected chi connectivity index (χ1v) is 10.7. The molecule has 0 radical (unpaired) electrons. The zero-order chi connectivity index (χ0) is 23.5. The molecule has 8 nitrogen and oxygen atoms in total. The number of amides is 2. The normalized spacial score (nSPS) is 14.3. The van der Waals surface area contributed by atoms with E-state index in [1.807, 2.05) is 54.6 Å². The molecule has 2 N–H and O–H groups in total. The van der Waals surface area contributed by atoms with Crippen LogP contribution in [0.25, 0.3) is 22.2 Å². The number of rotatable bonds is 4. The molecule has 2 heterocycles. The number of hydrazine groups is 1. The Morgan fingerprint density at radius 3 is 2.47 bits per heavy atom. The van der Waals surface area contributed by atoms with Gasteiger partial charge in [-0.05, 0) is 48.5 Å². The van der Waals surface area contributed by atoms with E-state index in [0.717, 1.165) is 11.3 Å². The van der Waals surface area contributed by atoms with E-state index < -0.39 is 17.9 Å². The summed E-state index contributed by atoms with van der Waals surface area (Å²) in [5.74, 6) is 0.784. The van der Waals surface area contributed by atoms with Gasteiger partial charge in [0.05, 0.1) is 23.9 Å². The van der Waals surface area contributed by atoms with Crippen LogP contribution in [0, 0.1) is 0 Å². The topological polar surface area (TPSA) is 98.8 Å². The Hall–Kier alpha value is -4.59. The summed E-state index contributed by atoms with van der Waals surface area (Å²) < 4.78 is 16.5. The van der Waals surface area contributed by atoms with Crippen LogP contribution >= 0.6 is 0 Å². The maximum Gasteiger partial charge on any atom is 0.283 e. The summed E-state index contributed by atoms with van der Waals surface area (Å²) in [5.41, 5.74) is 7.42. The lowest BCUT2D eigenvalue weighted by molar-refractivity contribution is -0.131. The number of ether oxygens (including phenoxy) is 3. The maximum absolute atomic E-state index is 13.1. The SMILES string of the molecule is COc1ccc(-c2cc(C(=O)NNC(=O)C3COc4ccccc4O3)c3ccccc3n2)cc1. The minimum absolute atomic E-state index is 0.0402. The predicted molar refractivity (Wildman–Crippen MR) is 126 cm³/mol. The molecule has 1 atom stereocenters. The summed E-state index contributed by atoms with van der Waals surface area (Å²) in [7, 11) is 1.60. The van der Waals surface area contributed by atoms with E-state index in [-0.39, 0.29) is 6.61 Å². The molecule has 3 aromatic carbocycles. The van der Waals surface area contributed by atoms with Crippen molar-refractivity contribution in [2.75, 3.05) is 13.7 Å². The van der Waals surface area contributed by atoms with E-state index in [1.54, 1.807) is 31.4 Å². The molecule has 0 saturated carbocycles. The summed E-state index contributed by atoms with van der Waals surface area (Å²) in [6.45, 7) is 0.0402. The summed E-state index contributed by atoms with van der Waals surface area (Å²) in [4.78, 5) is 30.4. The Balaban J connectivity index is 1.35. The van der Waals surface area contributed by atoms with Crippen LogP contribution < -0.4 is 25.1 Å². The van der Waals surface area contributed by atoms with Crippen LogP contribution in [0.1, 0.15) is 10.4 Å². The molecule has 5 rings (SSSR count). The number of methoxy groups -OCH3 is 1. The fraction of sp³-hybridized carbons (Fsp3) is 0.115. The summed E-state index contributed by atoms with van der Waals surface area (Å²) in [6.07, 6.45) is -0.890. The Morgan fingerprint density at radius 1 is 0.941 bits per heavy atom. The maximum atomic E-state index is 13.1. The monoisotopic (exact) mass is 455 g/mol. The number of nitrogens with zero attached hydrogens (tertiary/aromatic N) is 1. The van der Waals surface area contributed by atoms with Gasteiger partial charge in [0.2, 0.25) is 6.10 Å². The number of carbonyl (C=O) groups excluding carboxylic acids is 2. The summed E-state index contributed by atoms with van der Waals surface area (Å²) in [6, 6.07) is 23.5. The van der Waals surface area contributed by atoms with Crippen molar-refractivity contribution in [3.63, 3.8) is 0 Å². The minimum atomic E-state index is -0.890. The van der Waals surface area contributed by atoms with Crippen LogP contribution in [0.4, 0.5) is 0 Å². The highest BCUT2D eigenvalue weighted by atomic mass is 16.6. The lowest BCUT2D eigenvalue weighted by Crippen LogP contribution is -2.50. The summed E-state index contributed by atoms with van der Waals surface area (Å²) in [5, 5.41) is 0.665. The van der Waals surface area contributed by atoms with Crippen LogP contribution in [-0.2, 0) is 4.79 Å². The molecule has 0 bridgehead atoms. The van der Waals surface area contributed by atoms with Crippen LogP contribution in [0.15, 0.2) is 78.9 Å². The van der Waals surface area contributed by atoms with Crippen molar-refractivity contribution >= 4 is 22.7 Å². The zero-order valence-corrected chi connectivity index (χ0v) is 18.3. The second kappa shape index (κ2) is 9.11. The molecule has 2 amide bonds. The van der Waals surface area contributed by atoms with Crippen LogP contribution in [0.3, 0.4) is 0 Å². The molecule has 1 aromatic heterocycles. The van der Waals surface area contributed by atoms with Crippen molar-refractivity contribution in [1.82, 2.24) is 15.8 Å². The molecule has 0 spiro atoms. The van der Waals surface area contributed by atoms with Crippen molar-refractivity contribution in [1.29, 1.82) is 0 Å². The smallest absolute Gasteiger partial charge is 0.283 e.